The molecule has 0 unspecified atom stereocenters. The molecule has 156 valence electrons. The van der Waals surface area contributed by atoms with Crippen molar-refractivity contribution in [1.29, 1.82) is 0 Å². The standard InChI is InChI=1S/C21H22N4O5/c1-4-25-21(28)15-9-7-6-8-14(15)18(24-25)20(27)23-22-19(26)13-10-11-16(29-3)17(12-13)30-5-2/h6-12H,4-5H2,1-3H3,(H,22,26)(H,23,27). The molecule has 30 heavy (non-hydrogen) atoms. The van der Waals surface area contributed by atoms with E-state index in [0.29, 0.717) is 35.4 Å². The molecule has 2 aromatic carbocycles. The minimum atomic E-state index is -0.639. The number of nitrogens with zero attached hydrogens (tertiary/aromatic N) is 2. The van der Waals surface area contributed by atoms with E-state index in [1.165, 1.54) is 17.9 Å². The number of fused-ring (bicyclic) bond motifs is 1. The van der Waals surface area contributed by atoms with Crippen LogP contribution in [0.25, 0.3) is 10.8 Å². The summed E-state index contributed by atoms with van der Waals surface area (Å²) < 4.78 is 11.9. The minimum absolute atomic E-state index is 0.0390. The fourth-order valence-electron chi connectivity index (χ4n) is 2.95. The number of carbonyl (C=O) groups excluding carboxylic acids is 2. The van der Waals surface area contributed by atoms with Crippen molar-refractivity contribution >= 4 is 22.6 Å². The van der Waals surface area contributed by atoms with Crippen LogP contribution in [0.5, 0.6) is 11.5 Å². The van der Waals surface area contributed by atoms with Crippen LogP contribution in [-0.4, -0.2) is 35.3 Å². The second kappa shape index (κ2) is 9.08. The van der Waals surface area contributed by atoms with Gasteiger partial charge in [0, 0.05) is 17.5 Å². The Balaban J connectivity index is 1.82. The summed E-state index contributed by atoms with van der Waals surface area (Å²) in [4.78, 5) is 37.6. The SMILES string of the molecule is CCOc1cc(C(=O)NNC(=O)c2nn(CC)c(=O)c3ccccc23)ccc1OC. The summed E-state index contributed by atoms with van der Waals surface area (Å²) >= 11 is 0. The van der Waals surface area contributed by atoms with Gasteiger partial charge in [-0.2, -0.15) is 5.10 Å². The maximum Gasteiger partial charge on any atom is 0.290 e. The van der Waals surface area contributed by atoms with Gasteiger partial charge < -0.3 is 9.47 Å². The van der Waals surface area contributed by atoms with Crippen LogP contribution in [0.3, 0.4) is 0 Å². The molecule has 9 heteroatoms. The number of benzene rings is 2. The first-order valence-corrected chi connectivity index (χ1v) is 9.41. The summed E-state index contributed by atoms with van der Waals surface area (Å²) in [5.41, 5.74) is 4.74. The van der Waals surface area contributed by atoms with Crippen LogP contribution >= 0.6 is 0 Å². The number of amides is 2. The monoisotopic (exact) mass is 410 g/mol. The number of aryl methyl sites for hydroxylation is 1. The van der Waals surface area contributed by atoms with Crippen molar-refractivity contribution in [2.75, 3.05) is 13.7 Å². The number of hydrogen-bond donors (Lipinski definition) is 2. The van der Waals surface area contributed by atoms with Crippen LogP contribution in [-0.2, 0) is 6.54 Å². The second-order valence-electron chi connectivity index (χ2n) is 6.22. The van der Waals surface area contributed by atoms with Gasteiger partial charge in [-0.1, -0.05) is 18.2 Å². The Bertz CT molecular complexity index is 1160. The molecular formula is C21H22N4O5. The topological polar surface area (TPSA) is 112 Å². The van der Waals surface area contributed by atoms with Gasteiger partial charge in [0.25, 0.3) is 17.4 Å². The number of rotatable bonds is 6. The van der Waals surface area contributed by atoms with Crippen LogP contribution in [0.15, 0.2) is 47.3 Å². The third-order valence-electron chi connectivity index (χ3n) is 4.40. The third kappa shape index (κ3) is 4.09. The molecule has 0 saturated heterocycles. The molecular weight excluding hydrogens is 388 g/mol. The molecule has 9 nitrogen and oxygen atoms in total. The quantitative estimate of drug-likeness (QED) is 0.601. The number of aromatic nitrogens is 2. The van der Waals surface area contributed by atoms with E-state index in [1.54, 1.807) is 43.3 Å². The lowest BCUT2D eigenvalue weighted by molar-refractivity contribution is 0.0843. The fourth-order valence-corrected chi connectivity index (χ4v) is 2.95. The molecule has 0 aliphatic rings. The van der Waals surface area contributed by atoms with E-state index in [4.69, 9.17) is 9.47 Å². The Kier molecular flexibility index (Phi) is 6.31. The zero-order chi connectivity index (χ0) is 21.7. The van der Waals surface area contributed by atoms with Gasteiger partial charge in [-0.05, 0) is 38.1 Å². The van der Waals surface area contributed by atoms with Gasteiger partial charge in [0.05, 0.1) is 19.1 Å². The van der Waals surface area contributed by atoms with Gasteiger partial charge in [0.15, 0.2) is 17.2 Å². The molecule has 0 saturated carbocycles. The van der Waals surface area contributed by atoms with E-state index in [9.17, 15) is 14.4 Å². The number of ether oxygens (including phenoxy) is 2. The highest BCUT2D eigenvalue weighted by Gasteiger charge is 2.18. The lowest BCUT2D eigenvalue weighted by Crippen LogP contribution is -2.42. The largest absolute Gasteiger partial charge is 0.493 e. The predicted molar refractivity (Wildman–Crippen MR) is 111 cm³/mol. The first-order valence-electron chi connectivity index (χ1n) is 9.41. The Morgan fingerprint density at radius 3 is 2.37 bits per heavy atom. The van der Waals surface area contributed by atoms with Crippen LogP contribution in [0.1, 0.15) is 34.7 Å². The lowest BCUT2D eigenvalue weighted by Gasteiger charge is -2.12. The van der Waals surface area contributed by atoms with Gasteiger partial charge in [0.1, 0.15) is 0 Å². The molecule has 0 bridgehead atoms. The zero-order valence-electron chi connectivity index (χ0n) is 16.9. The summed E-state index contributed by atoms with van der Waals surface area (Å²) in [7, 11) is 1.50. The highest BCUT2D eigenvalue weighted by Crippen LogP contribution is 2.27. The number of carbonyl (C=O) groups is 2. The molecule has 1 aromatic heterocycles. The Morgan fingerprint density at radius 1 is 1.00 bits per heavy atom. The van der Waals surface area contributed by atoms with Gasteiger partial charge in [0.2, 0.25) is 0 Å². The number of nitrogens with one attached hydrogen (secondary N) is 2. The van der Waals surface area contributed by atoms with E-state index >= 15 is 0 Å². The number of methoxy groups -OCH3 is 1. The molecule has 2 amide bonds. The normalized spacial score (nSPS) is 10.5. The van der Waals surface area contributed by atoms with Crippen LogP contribution in [0.2, 0.25) is 0 Å². The maximum absolute atomic E-state index is 12.7. The summed E-state index contributed by atoms with van der Waals surface area (Å²) in [6, 6.07) is 11.4. The first kappa shape index (κ1) is 20.8. The molecule has 1 heterocycles. The third-order valence-corrected chi connectivity index (χ3v) is 4.40. The average molecular weight is 410 g/mol. The highest BCUT2D eigenvalue weighted by atomic mass is 16.5. The smallest absolute Gasteiger partial charge is 0.290 e. The molecule has 0 radical (unpaired) electrons. The predicted octanol–water partition coefficient (Wildman–Crippen LogP) is 1.90. The minimum Gasteiger partial charge on any atom is -0.493 e. The maximum atomic E-state index is 12.7. The Hall–Kier alpha value is -3.88. The van der Waals surface area contributed by atoms with Crippen LogP contribution in [0, 0.1) is 0 Å². The summed E-state index contributed by atoms with van der Waals surface area (Å²) in [6.07, 6.45) is 0. The Morgan fingerprint density at radius 2 is 1.70 bits per heavy atom. The summed E-state index contributed by atoms with van der Waals surface area (Å²) in [5, 5.41) is 4.92. The molecule has 0 spiro atoms. The first-order chi connectivity index (χ1) is 14.5. The van der Waals surface area contributed by atoms with Gasteiger partial charge in [-0.3, -0.25) is 25.2 Å². The van der Waals surface area contributed by atoms with Crippen molar-refractivity contribution in [3.8, 4) is 11.5 Å². The summed E-state index contributed by atoms with van der Waals surface area (Å²) in [5.74, 6) is -0.267. The van der Waals surface area contributed by atoms with Gasteiger partial charge in [-0.25, -0.2) is 4.68 Å². The number of hydrogen-bond acceptors (Lipinski definition) is 6. The van der Waals surface area contributed by atoms with Crippen molar-refractivity contribution in [2.45, 2.75) is 20.4 Å². The van der Waals surface area contributed by atoms with E-state index < -0.39 is 11.8 Å². The van der Waals surface area contributed by atoms with Crippen molar-refractivity contribution < 1.29 is 19.1 Å². The molecule has 2 N–H and O–H groups in total. The molecule has 3 rings (SSSR count). The lowest BCUT2D eigenvalue weighted by atomic mass is 10.1. The van der Waals surface area contributed by atoms with Crippen molar-refractivity contribution in [3.05, 3.63) is 64.1 Å². The molecule has 0 aliphatic carbocycles. The molecule has 0 fully saturated rings. The molecule has 3 aromatic rings. The van der Waals surface area contributed by atoms with Gasteiger partial charge in [-0.15, -0.1) is 0 Å². The van der Waals surface area contributed by atoms with Crippen molar-refractivity contribution in [2.24, 2.45) is 0 Å². The summed E-state index contributed by atoms with van der Waals surface area (Å²) in [6.45, 7) is 4.29. The highest BCUT2D eigenvalue weighted by molar-refractivity contribution is 6.06. The zero-order valence-corrected chi connectivity index (χ0v) is 16.9. The van der Waals surface area contributed by atoms with E-state index in [2.05, 4.69) is 16.0 Å². The van der Waals surface area contributed by atoms with Crippen molar-refractivity contribution in [3.63, 3.8) is 0 Å². The fraction of sp³-hybridized carbons (Fsp3) is 0.238. The number of hydrazine groups is 1. The van der Waals surface area contributed by atoms with E-state index in [1.807, 2.05) is 6.92 Å². The van der Waals surface area contributed by atoms with Gasteiger partial charge >= 0.3 is 0 Å². The molecule has 0 aliphatic heterocycles. The molecule has 0 atom stereocenters. The second-order valence-corrected chi connectivity index (χ2v) is 6.22. The van der Waals surface area contributed by atoms with Crippen molar-refractivity contribution in [1.82, 2.24) is 20.6 Å². The van der Waals surface area contributed by atoms with Crippen LogP contribution < -0.4 is 25.9 Å². The Labute approximate surface area is 172 Å². The average Bonchev–Trinajstić information content (AvgIpc) is 2.78. The van der Waals surface area contributed by atoms with Crippen LogP contribution in [0.4, 0.5) is 0 Å². The van der Waals surface area contributed by atoms with E-state index in [0.717, 1.165) is 0 Å². The van der Waals surface area contributed by atoms with E-state index in [-0.39, 0.29) is 16.8 Å².